The Kier molecular flexibility index (Phi) is 5.86. The van der Waals surface area contributed by atoms with Crippen molar-refractivity contribution in [2.24, 2.45) is 0 Å². The summed E-state index contributed by atoms with van der Waals surface area (Å²) < 4.78 is 5.97. The first-order chi connectivity index (χ1) is 11.0. The van der Waals surface area contributed by atoms with Gasteiger partial charge in [-0.15, -0.1) is 12.4 Å². The van der Waals surface area contributed by atoms with Crippen LogP contribution in [0.25, 0.3) is 0 Å². The van der Waals surface area contributed by atoms with E-state index >= 15 is 0 Å². The smallest absolute Gasteiger partial charge is 0.253 e. The topological polar surface area (TPSA) is 83.5 Å². The van der Waals surface area contributed by atoms with E-state index < -0.39 is 17.2 Å². The van der Waals surface area contributed by atoms with Crippen LogP contribution >= 0.6 is 12.4 Å². The fourth-order valence-electron chi connectivity index (χ4n) is 3.67. The molecule has 0 radical (unpaired) electrons. The summed E-state index contributed by atoms with van der Waals surface area (Å²) in [6, 6.07) is 1.80. The molecule has 1 amide bonds. The number of hydrogen-bond donors (Lipinski definition) is 3. The van der Waals surface area contributed by atoms with Crippen molar-refractivity contribution in [2.45, 2.75) is 50.4 Å². The number of aliphatic hydroxyl groups excluding tert-OH is 1. The second-order valence-electron chi connectivity index (χ2n) is 6.94. The van der Waals surface area contributed by atoms with Crippen molar-refractivity contribution in [2.75, 3.05) is 19.7 Å². The lowest BCUT2D eigenvalue weighted by Gasteiger charge is -2.52. The maximum absolute atomic E-state index is 12.6. The Morgan fingerprint density at radius 1 is 1.38 bits per heavy atom. The maximum atomic E-state index is 12.6. The summed E-state index contributed by atoms with van der Waals surface area (Å²) in [6.45, 7) is 6.00. The van der Waals surface area contributed by atoms with E-state index in [1.807, 2.05) is 13.8 Å². The SMILES string of the molecule is Cc1cncc(C(=O)N[C@]2(C)CCOC3(CCNCC3)[C@H]2O)c1.Cl. The van der Waals surface area contributed by atoms with Crippen molar-refractivity contribution in [1.82, 2.24) is 15.6 Å². The summed E-state index contributed by atoms with van der Waals surface area (Å²) in [6.07, 6.45) is 4.64. The van der Waals surface area contributed by atoms with Crippen LogP contribution in [0.5, 0.6) is 0 Å². The number of halogens is 1. The van der Waals surface area contributed by atoms with Crippen molar-refractivity contribution in [3.05, 3.63) is 29.6 Å². The Labute approximate surface area is 148 Å². The molecule has 2 atom stereocenters. The largest absolute Gasteiger partial charge is 0.388 e. The van der Waals surface area contributed by atoms with Crippen molar-refractivity contribution in [3.8, 4) is 0 Å². The highest BCUT2D eigenvalue weighted by molar-refractivity contribution is 5.94. The lowest BCUT2D eigenvalue weighted by Crippen LogP contribution is -2.69. The van der Waals surface area contributed by atoms with Gasteiger partial charge in [0.1, 0.15) is 6.10 Å². The molecule has 0 saturated carbocycles. The lowest BCUT2D eigenvalue weighted by atomic mass is 9.73. The van der Waals surface area contributed by atoms with Crippen LogP contribution in [0.4, 0.5) is 0 Å². The van der Waals surface area contributed by atoms with E-state index in [-0.39, 0.29) is 18.3 Å². The molecule has 1 aromatic heterocycles. The zero-order chi connectivity index (χ0) is 16.5. The molecule has 1 aromatic rings. The van der Waals surface area contributed by atoms with Gasteiger partial charge in [-0.1, -0.05) is 0 Å². The molecule has 0 aliphatic carbocycles. The van der Waals surface area contributed by atoms with Crippen LogP contribution in [-0.2, 0) is 4.74 Å². The molecule has 0 unspecified atom stereocenters. The summed E-state index contributed by atoms with van der Waals surface area (Å²) in [5.74, 6) is -0.200. The van der Waals surface area contributed by atoms with Gasteiger partial charge in [0.05, 0.1) is 16.7 Å². The van der Waals surface area contributed by atoms with Crippen LogP contribution in [0.2, 0.25) is 0 Å². The number of amides is 1. The summed E-state index contributed by atoms with van der Waals surface area (Å²) in [5, 5.41) is 17.3. The molecule has 7 heteroatoms. The number of aromatic nitrogens is 1. The molecule has 0 bridgehead atoms. The average Bonchev–Trinajstić information content (AvgIpc) is 2.54. The lowest BCUT2D eigenvalue weighted by molar-refractivity contribution is -0.197. The van der Waals surface area contributed by atoms with Crippen molar-refractivity contribution >= 4 is 18.3 Å². The highest BCUT2D eigenvalue weighted by atomic mass is 35.5. The van der Waals surface area contributed by atoms with Gasteiger partial charge in [-0.3, -0.25) is 9.78 Å². The zero-order valence-electron chi connectivity index (χ0n) is 14.2. The first-order valence-corrected chi connectivity index (χ1v) is 8.22. The fraction of sp³-hybridized carbons (Fsp3) is 0.647. The Bertz CT molecular complexity index is 587. The third-order valence-corrected chi connectivity index (χ3v) is 5.10. The van der Waals surface area contributed by atoms with Crippen molar-refractivity contribution in [3.63, 3.8) is 0 Å². The molecule has 2 aliphatic heterocycles. The fourth-order valence-corrected chi connectivity index (χ4v) is 3.67. The van der Waals surface area contributed by atoms with Gasteiger partial charge in [0, 0.05) is 19.0 Å². The number of rotatable bonds is 2. The highest BCUT2D eigenvalue weighted by Gasteiger charge is 2.53. The van der Waals surface area contributed by atoms with Gasteiger partial charge in [-0.2, -0.15) is 0 Å². The molecule has 24 heavy (non-hydrogen) atoms. The molecule has 3 heterocycles. The molecule has 2 saturated heterocycles. The number of ether oxygens (including phenoxy) is 1. The molecule has 6 nitrogen and oxygen atoms in total. The summed E-state index contributed by atoms with van der Waals surface area (Å²) >= 11 is 0. The second-order valence-corrected chi connectivity index (χ2v) is 6.94. The van der Waals surface area contributed by atoms with Gasteiger partial charge in [0.2, 0.25) is 0 Å². The Balaban J connectivity index is 0.00000208. The third kappa shape index (κ3) is 3.57. The highest BCUT2D eigenvalue weighted by Crippen LogP contribution is 2.38. The first-order valence-electron chi connectivity index (χ1n) is 8.22. The second kappa shape index (κ2) is 7.35. The van der Waals surface area contributed by atoms with E-state index in [2.05, 4.69) is 15.6 Å². The van der Waals surface area contributed by atoms with E-state index in [1.54, 1.807) is 18.5 Å². The van der Waals surface area contributed by atoms with E-state index in [0.717, 1.165) is 31.5 Å². The van der Waals surface area contributed by atoms with Crippen LogP contribution < -0.4 is 10.6 Å². The van der Waals surface area contributed by atoms with Crippen LogP contribution in [0, 0.1) is 6.92 Å². The minimum Gasteiger partial charge on any atom is -0.388 e. The molecule has 1 spiro atoms. The molecule has 134 valence electrons. The number of pyridine rings is 1. The molecule has 0 aromatic carbocycles. The molecule has 2 fully saturated rings. The van der Waals surface area contributed by atoms with Crippen molar-refractivity contribution < 1.29 is 14.6 Å². The number of piperidine rings is 1. The standard InChI is InChI=1S/C17H25N3O3.ClH/c1-12-9-13(11-19-10-12)14(21)20-16(2)5-8-23-17(15(16)22)3-6-18-7-4-17;/h9-11,15,18,22H,3-8H2,1-2H3,(H,20,21);1H/t15-,16+;/m0./s1. The number of aryl methyl sites for hydroxylation is 1. The van der Waals surface area contributed by atoms with Gasteiger partial charge < -0.3 is 20.5 Å². The van der Waals surface area contributed by atoms with E-state index in [9.17, 15) is 9.90 Å². The minimum absolute atomic E-state index is 0. The Morgan fingerprint density at radius 2 is 2.08 bits per heavy atom. The predicted molar refractivity (Wildman–Crippen MR) is 93.5 cm³/mol. The Hall–Kier alpha value is -1.21. The number of carbonyl (C=O) groups excluding carboxylic acids is 1. The van der Waals surface area contributed by atoms with Crippen molar-refractivity contribution in [1.29, 1.82) is 0 Å². The van der Waals surface area contributed by atoms with Gasteiger partial charge in [0.15, 0.2) is 0 Å². The van der Waals surface area contributed by atoms with Crippen LogP contribution in [0.1, 0.15) is 42.1 Å². The number of hydrogen-bond acceptors (Lipinski definition) is 5. The van der Waals surface area contributed by atoms with Gasteiger partial charge in [-0.05, 0) is 57.8 Å². The molecular formula is C17H26ClN3O3. The quantitative estimate of drug-likeness (QED) is 0.742. The molecular weight excluding hydrogens is 330 g/mol. The average molecular weight is 356 g/mol. The normalized spacial score (nSPS) is 28.9. The Morgan fingerprint density at radius 3 is 2.75 bits per heavy atom. The third-order valence-electron chi connectivity index (χ3n) is 5.10. The van der Waals surface area contributed by atoms with Gasteiger partial charge in [0.25, 0.3) is 5.91 Å². The van der Waals surface area contributed by atoms with E-state index in [0.29, 0.717) is 18.6 Å². The van der Waals surface area contributed by atoms with Crippen LogP contribution in [-0.4, -0.2) is 52.9 Å². The number of aliphatic hydroxyl groups is 1. The number of carbonyl (C=O) groups is 1. The number of nitrogens with one attached hydrogen (secondary N) is 2. The molecule has 2 aliphatic rings. The predicted octanol–water partition coefficient (Wildman–Crippen LogP) is 1.20. The molecule has 3 N–H and O–H groups in total. The first kappa shape index (κ1) is 19.1. The van der Waals surface area contributed by atoms with Crippen LogP contribution in [0.15, 0.2) is 18.5 Å². The van der Waals surface area contributed by atoms with Gasteiger partial charge in [-0.25, -0.2) is 0 Å². The maximum Gasteiger partial charge on any atom is 0.253 e. The monoisotopic (exact) mass is 355 g/mol. The van der Waals surface area contributed by atoms with Crippen LogP contribution in [0.3, 0.4) is 0 Å². The summed E-state index contributed by atoms with van der Waals surface area (Å²) in [4.78, 5) is 16.6. The number of nitrogens with zero attached hydrogens (tertiary/aromatic N) is 1. The van der Waals surface area contributed by atoms with E-state index in [1.165, 1.54) is 0 Å². The zero-order valence-corrected chi connectivity index (χ0v) is 15.0. The summed E-state index contributed by atoms with van der Waals surface area (Å²) in [7, 11) is 0. The van der Waals surface area contributed by atoms with Gasteiger partial charge >= 0.3 is 0 Å². The minimum atomic E-state index is -0.729. The molecule has 3 rings (SSSR count). The summed E-state index contributed by atoms with van der Waals surface area (Å²) in [5.41, 5.74) is 0.196. The van der Waals surface area contributed by atoms with E-state index in [4.69, 9.17) is 4.74 Å².